The highest BCUT2D eigenvalue weighted by Gasteiger charge is 2.24. The van der Waals surface area contributed by atoms with Crippen LogP contribution in [0.5, 0.6) is 0 Å². The van der Waals surface area contributed by atoms with E-state index < -0.39 is 43.0 Å². The summed E-state index contributed by atoms with van der Waals surface area (Å²) in [5.41, 5.74) is -2.98. The highest BCUT2D eigenvalue weighted by Crippen LogP contribution is 2.06. The Labute approximate surface area is 140 Å². The van der Waals surface area contributed by atoms with Crippen LogP contribution in [0.1, 0.15) is 27.2 Å². The van der Waals surface area contributed by atoms with Crippen molar-refractivity contribution in [3.8, 4) is 0 Å². The van der Waals surface area contributed by atoms with Gasteiger partial charge in [0.25, 0.3) is 0 Å². The summed E-state index contributed by atoms with van der Waals surface area (Å²) < 4.78 is 67.1. The number of hydrogen-bond donors (Lipinski definition) is 2. The molecule has 0 saturated carbocycles. The third-order valence-corrected chi connectivity index (χ3v) is 4.15. The minimum absolute atomic E-state index is 0.00157. The standard InChI is InChI=1S/2C6H10O5S/c1-4(2)6(7)11-5(3)12(8,9)10;1-3-5(7)11-6(4-2)12(8,9)10/h5H,1H2,2-3H3,(H,8,9,10);3,6H,1,4H2,2H3,(H,8,9,10). The van der Waals surface area contributed by atoms with Crippen molar-refractivity contribution < 1.29 is 45.0 Å². The molecule has 24 heavy (non-hydrogen) atoms. The third kappa shape index (κ3) is 10.9. The SMILES string of the molecule is C=C(C)C(=O)OC(C)S(=O)(=O)O.C=CC(=O)OC(CC)S(=O)(=O)O. The molecule has 0 aliphatic carbocycles. The van der Waals surface area contributed by atoms with Gasteiger partial charge in [-0.05, 0) is 20.3 Å². The second-order valence-electron chi connectivity index (χ2n) is 4.26. The van der Waals surface area contributed by atoms with Gasteiger partial charge in [0.05, 0.1) is 0 Å². The van der Waals surface area contributed by atoms with Crippen LogP contribution < -0.4 is 0 Å². The Kier molecular flexibility index (Phi) is 10.4. The maximum absolute atomic E-state index is 10.7. The average Bonchev–Trinajstić information content (AvgIpc) is 2.42. The van der Waals surface area contributed by atoms with E-state index in [1.165, 1.54) is 13.8 Å². The summed E-state index contributed by atoms with van der Waals surface area (Å²) in [6, 6.07) is 0. The quantitative estimate of drug-likeness (QED) is 0.360. The lowest BCUT2D eigenvalue weighted by molar-refractivity contribution is -0.140. The van der Waals surface area contributed by atoms with Gasteiger partial charge in [0.1, 0.15) is 0 Å². The van der Waals surface area contributed by atoms with E-state index in [2.05, 4.69) is 22.6 Å². The van der Waals surface area contributed by atoms with Gasteiger partial charge in [-0.15, -0.1) is 0 Å². The maximum atomic E-state index is 10.7. The molecule has 0 bridgehead atoms. The zero-order valence-corrected chi connectivity index (χ0v) is 15.0. The van der Waals surface area contributed by atoms with E-state index in [0.29, 0.717) is 0 Å². The Hall–Kier alpha value is -1.76. The molecule has 10 nitrogen and oxygen atoms in total. The van der Waals surface area contributed by atoms with E-state index in [0.717, 1.165) is 13.0 Å². The number of carbonyl (C=O) groups excluding carboxylic acids is 2. The molecule has 0 amide bonds. The van der Waals surface area contributed by atoms with Gasteiger partial charge in [-0.1, -0.05) is 20.1 Å². The first-order valence-corrected chi connectivity index (χ1v) is 9.29. The lowest BCUT2D eigenvalue weighted by Crippen LogP contribution is -2.25. The van der Waals surface area contributed by atoms with Gasteiger partial charge in [-0.2, -0.15) is 16.8 Å². The van der Waals surface area contributed by atoms with Crippen LogP contribution in [0.4, 0.5) is 0 Å². The van der Waals surface area contributed by atoms with E-state index in [-0.39, 0.29) is 12.0 Å². The molecule has 0 aliphatic rings. The second kappa shape index (κ2) is 10.2. The van der Waals surface area contributed by atoms with Crippen LogP contribution in [0.3, 0.4) is 0 Å². The van der Waals surface area contributed by atoms with Gasteiger partial charge < -0.3 is 9.47 Å². The predicted molar refractivity (Wildman–Crippen MR) is 83.8 cm³/mol. The fourth-order valence-electron chi connectivity index (χ4n) is 0.845. The molecule has 0 aromatic carbocycles. The Balaban J connectivity index is 0. The fraction of sp³-hybridized carbons (Fsp3) is 0.500. The van der Waals surface area contributed by atoms with Crippen LogP contribution in [0.15, 0.2) is 24.8 Å². The van der Waals surface area contributed by atoms with Crippen LogP contribution in [0.25, 0.3) is 0 Å². The zero-order valence-electron chi connectivity index (χ0n) is 13.3. The molecule has 0 fully saturated rings. The van der Waals surface area contributed by atoms with Gasteiger partial charge in [-0.25, -0.2) is 9.59 Å². The summed E-state index contributed by atoms with van der Waals surface area (Å²) in [7, 11) is -8.63. The molecule has 12 heteroatoms. The van der Waals surface area contributed by atoms with Crippen molar-refractivity contribution in [2.24, 2.45) is 0 Å². The fourth-order valence-corrected chi connectivity index (χ4v) is 1.69. The molecule has 2 unspecified atom stereocenters. The molecular formula is C12H20O10S2. The molecule has 0 rings (SSSR count). The van der Waals surface area contributed by atoms with Gasteiger partial charge in [-0.3, -0.25) is 9.11 Å². The van der Waals surface area contributed by atoms with Gasteiger partial charge in [0.2, 0.25) is 10.9 Å². The number of carbonyl (C=O) groups is 2. The topological polar surface area (TPSA) is 161 Å². The number of rotatable bonds is 7. The normalized spacial score (nSPS) is 13.5. The average molecular weight is 388 g/mol. The molecule has 0 radical (unpaired) electrons. The van der Waals surface area contributed by atoms with Crippen LogP contribution in [-0.2, 0) is 39.3 Å². The first kappa shape index (κ1) is 24.5. The highest BCUT2D eigenvalue weighted by atomic mass is 32.2. The summed E-state index contributed by atoms with van der Waals surface area (Å²) >= 11 is 0. The third-order valence-electron chi connectivity index (χ3n) is 2.12. The minimum atomic E-state index is -4.32. The monoisotopic (exact) mass is 388 g/mol. The van der Waals surface area contributed by atoms with Crippen molar-refractivity contribution in [1.29, 1.82) is 0 Å². The molecule has 140 valence electrons. The number of hydrogen-bond acceptors (Lipinski definition) is 8. The molecule has 0 aromatic heterocycles. The van der Waals surface area contributed by atoms with Crippen LogP contribution in [0, 0.1) is 0 Å². The maximum Gasteiger partial charge on any atom is 0.334 e. The first-order valence-electron chi connectivity index (χ1n) is 6.28. The summed E-state index contributed by atoms with van der Waals surface area (Å²) in [5, 5.41) is 0. The van der Waals surface area contributed by atoms with Gasteiger partial charge in [0.15, 0.2) is 0 Å². The van der Waals surface area contributed by atoms with E-state index >= 15 is 0 Å². The van der Waals surface area contributed by atoms with E-state index in [1.807, 2.05) is 0 Å². The first-order chi connectivity index (χ1) is 10.7. The largest absolute Gasteiger partial charge is 0.440 e. The number of ether oxygens (including phenoxy) is 2. The lowest BCUT2D eigenvalue weighted by Gasteiger charge is -2.10. The molecule has 0 aromatic rings. The summed E-state index contributed by atoms with van der Waals surface area (Å²) in [4.78, 5) is 21.2. The van der Waals surface area contributed by atoms with Crippen molar-refractivity contribution in [1.82, 2.24) is 0 Å². The molecule has 0 saturated heterocycles. The predicted octanol–water partition coefficient (Wildman–Crippen LogP) is 0.679. The van der Waals surface area contributed by atoms with Crippen molar-refractivity contribution in [2.45, 2.75) is 38.1 Å². The van der Waals surface area contributed by atoms with Crippen molar-refractivity contribution >= 4 is 32.2 Å². The van der Waals surface area contributed by atoms with Crippen molar-refractivity contribution in [3.63, 3.8) is 0 Å². The van der Waals surface area contributed by atoms with Crippen LogP contribution in [-0.4, -0.2) is 48.8 Å². The van der Waals surface area contributed by atoms with Gasteiger partial charge >= 0.3 is 32.2 Å². The van der Waals surface area contributed by atoms with Crippen molar-refractivity contribution in [3.05, 3.63) is 24.8 Å². The molecule has 0 spiro atoms. The summed E-state index contributed by atoms with van der Waals surface area (Å²) in [6.45, 7) is 10.2. The molecule has 0 aliphatic heterocycles. The number of esters is 2. The Morgan fingerprint density at radius 1 is 1.12 bits per heavy atom. The highest BCUT2D eigenvalue weighted by molar-refractivity contribution is 7.86. The summed E-state index contributed by atoms with van der Waals surface area (Å²) in [5.74, 6) is -1.72. The van der Waals surface area contributed by atoms with Crippen LogP contribution >= 0.6 is 0 Å². The van der Waals surface area contributed by atoms with Crippen molar-refractivity contribution in [2.75, 3.05) is 0 Å². The molecule has 0 heterocycles. The molecular weight excluding hydrogens is 368 g/mol. The Bertz CT molecular complexity index is 675. The Morgan fingerprint density at radius 3 is 1.83 bits per heavy atom. The minimum Gasteiger partial charge on any atom is -0.440 e. The smallest absolute Gasteiger partial charge is 0.334 e. The molecule has 2 N–H and O–H groups in total. The van der Waals surface area contributed by atoms with Gasteiger partial charge in [0, 0.05) is 11.6 Å². The van der Waals surface area contributed by atoms with E-state index in [1.54, 1.807) is 0 Å². The van der Waals surface area contributed by atoms with Crippen LogP contribution in [0.2, 0.25) is 0 Å². The molecule has 2 atom stereocenters. The lowest BCUT2D eigenvalue weighted by atomic mass is 10.4. The van der Waals surface area contributed by atoms with E-state index in [9.17, 15) is 26.4 Å². The summed E-state index contributed by atoms with van der Waals surface area (Å²) in [6.07, 6.45) is 0.826. The zero-order chi connectivity index (χ0) is 19.7. The van der Waals surface area contributed by atoms with E-state index in [4.69, 9.17) is 9.11 Å². The second-order valence-corrected chi connectivity index (χ2v) is 7.51. The Morgan fingerprint density at radius 2 is 1.58 bits per heavy atom.